The van der Waals surface area contributed by atoms with Crippen molar-refractivity contribution in [2.75, 3.05) is 44.2 Å². The van der Waals surface area contributed by atoms with Gasteiger partial charge in [-0.05, 0) is 36.4 Å². The fourth-order valence-corrected chi connectivity index (χ4v) is 3.56. The van der Waals surface area contributed by atoms with Crippen molar-refractivity contribution in [3.05, 3.63) is 65.7 Å². The van der Waals surface area contributed by atoms with Gasteiger partial charge in [-0.3, -0.25) is 14.5 Å². The molecule has 0 bridgehead atoms. The Kier molecular flexibility index (Phi) is 4.97. The fraction of sp³-hybridized carbons (Fsp3) is 0.286. The van der Waals surface area contributed by atoms with Gasteiger partial charge in [0.05, 0.1) is 0 Å². The first kappa shape index (κ1) is 18.0. The van der Waals surface area contributed by atoms with Gasteiger partial charge < -0.3 is 15.1 Å². The average molecular weight is 378 g/mol. The summed E-state index contributed by atoms with van der Waals surface area (Å²) in [4.78, 5) is 42.2. The van der Waals surface area contributed by atoms with Gasteiger partial charge in [0.25, 0.3) is 11.8 Å². The molecular formula is C21H22N4O3. The molecule has 2 aliphatic rings. The maximum atomic E-state index is 12.8. The second-order valence-corrected chi connectivity index (χ2v) is 6.88. The largest absolute Gasteiger partial charge is 0.336 e. The van der Waals surface area contributed by atoms with Crippen LogP contribution < -0.4 is 10.2 Å². The molecule has 2 saturated heterocycles. The van der Waals surface area contributed by atoms with Crippen LogP contribution in [0.1, 0.15) is 20.7 Å². The van der Waals surface area contributed by atoms with Gasteiger partial charge in [-0.1, -0.05) is 18.2 Å². The zero-order valence-corrected chi connectivity index (χ0v) is 15.5. The fourth-order valence-electron chi connectivity index (χ4n) is 3.56. The Morgan fingerprint density at radius 1 is 0.714 bits per heavy atom. The monoisotopic (exact) mass is 378 g/mol. The Labute approximate surface area is 163 Å². The Balaban J connectivity index is 1.36. The minimum absolute atomic E-state index is 0.000872. The van der Waals surface area contributed by atoms with Gasteiger partial charge in [0.1, 0.15) is 0 Å². The maximum absolute atomic E-state index is 12.8. The zero-order chi connectivity index (χ0) is 19.5. The molecule has 7 heteroatoms. The van der Waals surface area contributed by atoms with Gasteiger partial charge in [-0.15, -0.1) is 0 Å². The lowest BCUT2D eigenvalue weighted by molar-refractivity contribution is 0.0535. The number of piperazine rings is 1. The molecule has 2 aromatic rings. The molecule has 2 aliphatic heterocycles. The van der Waals surface area contributed by atoms with Crippen LogP contribution in [0.15, 0.2) is 54.6 Å². The van der Waals surface area contributed by atoms with Crippen LogP contribution >= 0.6 is 0 Å². The molecule has 2 aromatic carbocycles. The van der Waals surface area contributed by atoms with Gasteiger partial charge >= 0.3 is 6.03 Å². The summed E-state index contributed by atoms with van der Waals surface area (Å²) in [5, 5.41) is 2.76. The topological polar surface area (TPSA) is 73.0 Å². The van der Waals surface area contributed by atoms with E-state index in [-0.39, 0.29) is 17.8 Å². The number of urea groups is 1. The van der Waals surface area contributed by atoms with E-state index in [0.29, 0.717) is 50.4 Å². The standard InChI is InChI=1S/C21H22N4O3/c26-19(16-4-2-1-3-5-16)23-12-14-24(15-13-23)20(27)17-6-8-18(9-7-17)25-11-10-22-21(25)28/h1-9H,10-15H2,(H,22,28). The number of hydrogen-bond acceptors (Lipinski definition) is 3. The van der Waals surface area contributed by atoms with E-state index < -0.39 is 0 Å². The lowest BCUT2D eigenvalue weighted by Gasteiger charge is -2.35. The minimum Gasteiger partial charge on any atom is -0.336 e. The number of carbonyl (C=O) groups is 3. The summed E-state index contributed by atoms with van der Waals surface area (Å²) < 4.78 is 0. The Bertz CT molecular complexity index is 874. The van der Waals surface area contributed by atoms with Crippen LogP contribution in [-0.2, 0) is 0 Å². The summed E-state index contributed by atoms with van der Waals surface area (Å²) in [7, 11) is 0. The quantitative estimate of drug-likeness (QED) is 0.885. The number of benzene rings is 2. The Morgan fingerprint density at radius 2 is 1.25 bits per heavy atom. The first-order chi connectivity index (χ1) is 13.6. The SMILES string of the molecule is O=C(c1ccccc1)N1CCN(C(=O)c2ccc(N3CCNC3=O)cc2)CC1. The minimum atomic E-state index is -0.113. The van der Waals surface area contributed by atoms with Crippen molar-refractivity contribution in [3.8, 4) is 0 Å². The summed E-state index contributed by atoms with van der Waals surface area (Å²) >= 11 is 0. The highest BCUT2D eigenvalue weighted by Gasteiger charge is 2.26. The van der Waals surface area contributed by atoms with Gasteiger partial charge in [-0.25, -0.2) is 4.79 Å². The second-order valence-electron chi connectivity index (χ2n) is 6.88. The summed E-state index contributed by atoms with van der Waals surface area (Å²) in [6, 6.07) is 16.2. The van der Waals surface area contributed by atoms with Crippen molar-refractivity contribution in [2.45, 2.75) is 0 Å². The van der Waals surface area contributed by atoms with Crippen molar-refractivity contribution < 1.29 is 14.4 Å². The maximum Gasteiger partial charge on any atom is 0.321 e. The molecule has 0 aliphatic carbocycles. The molecule has 144 valence electrons. The predicted octanol–water partition coefficient (Wildman–Crippen LogP) is 1.81. The lowest BCUT2D eigenvalue weighted by atomic mass is 10.1. The summed E-state index contributed by atoms with van der Waals surface area (Å²) in [5.74, 6) is -0.0508. The number of nitrogens with zero attached hydrogens (tertiary/aromatic N) is 3. The molecule has 4 amide bonds. The van der Waals surface area contributed by atoms with Crippen molar-refractivity contribution in [2.24, 2.45) is 0 Å². The molecule has 7 nitrogen and oxygen atoms in total. The van der Waals surface area contributed by atoms with Gasteiger partial charge in [0.15, 0.2) is 0 Å². The van der Waals surface area contributed by atoms with Gasteiger partial charge in [0, 0.05) is 56.1 Å². The Hall–Kier alpha value is -3.35. The van der Waals surface area contributed by atoms with Crippen LogP contribution in [0.4, 0.5) is 10.5 Å². The third-order valence-electron chi connectivity index (χ3n) is 5.16. The third kappa shape index (κ3) is 3.55. The molecule has 0 saturated carbocycles. The molecule has 4 rings (SSSR count). The average Bonchev–Trinajstić information content (AvgIpc) is 3.19. The number of anilines is 1. The van der Waals surface area contributed by atoms with E-state index in [1.165, 1.54) is 0 Å². The van der Waals surface area contributed by atoms with Crippen LogP contribution in [0.5, 0.6) is 0 Å². The smallest absolute Gasteiger partial charge is 0.321 e. The van der Waals surface area contributed by atoms with Crippen molar-refractivity contribution in [3.63, 3.8) is 0 Å². The van der Waals surface area contributed by atoms with Crippen molar-refractivity contribution in [1.29, 1.82) is 0 Å². The molecule has 0 atom stereocenters. The number of amides is 4. The lowest BCUT2D eigenvalue weighted by Crippen LogP contribution is -2.50. The van der Waals surface area contributed by atoms with Crippen LogP contribution in [-0.4, -0.2) is 66.9 Å². The van der Waals surface area contributed by atoms with E-state index in [2.05, 4.69) is 5.32 Å². The molecule has 2 heterocycles. The first-order valence-corrected chi connectivity index (χ1v) is 9.42. The highest BCUT2D eigenvalue weighted by molar-refractivity contribution is 5.97. The highest BCUT2D eigenvalue weighted by Crippen LogP contribution is 2.19. The highest BCUT2D eigenvalue weighted by atomic mass is 16.2. The third-order valence-corrected chi connectivity index (χ3v) is 5.16. The number of rotatable bonds is 3. The summed E-state index contributed by atoms with van der Waals surface area (Å²) in [5.41, 5.74) is 2.04. The molecule has 2 fully saturated rings. The molecule has 0 unspecified atom stereocenters. The molecule has 28 heavy (non-hydrogen) atoms. The zero-order valence-electron chi connectivity index (χ0n) is 15.5. The molecule has 0 aromatic heterocycles. The molecular weight excluding hydrogens is 356 g/mol. The van der Waals surface area contributed by atoms with Crippen LogP contribution in [0, 0.1) is 0 Å². The predicted molar refractivity (Wildman–Crippen MR) is 105 cm³/mol. The van der Waals surface area contributed by atoms with Gasteiger partial charge in [-0.2, -0.15) is 0 Å². The van der Waals surface area contributed by atoms with E-state index in [4.69, 9.17) is 0 Å². The number of hydrogen-bond donors (Lipinski definition) is 1. The molecule has 0 radical (unpaired) electrons. The van der Waals surface area contributed by atoms with E-state index in [1.807, 2.05) is 30.3 Å². The normalized spacial score (nSPS) is 16.9. The van der Waals surface area contributed by atoms with Crippen LogP contribution in [0.25, 0.3) is 0 Å². The van der Waals surface area contributed by atoms with E-state index in [9.17, 15) is 14.4 Å². The van der Waals surface area contributed by atoms with E-state index >= 15 is 0 Å². The Morgan fingerprint density at radius 3 is 1.75 bits per heavy atom. The van der Waals surface area contributed by atoms with Crippen LogP contribution in [0.2, 0.25) is 0 Å². The number of nitrogens with one attached hydrogen (secondary N) is 1. The summed E-state index contributed by atoms with van der Waals surface area (Å²) in [6.07, 6.45) is 0. The van der Waals surface area contributed by atoms with Gasteiger partial charge in [0.2, 0.25) is 0 Å². The first-order valence-electron chi connectivity index (χ1n) is 9.42. The summed E-state index contributed by atoms with van der Waals surface area (Å²) in [6.45, 7) is 3.31. The van der Waals surface area contributed by atoms with Crippen molar-refractivity contribution >= 4 is 23.5 Å². The molecule has 0 spiro atoms. The molecule has 1 N–H and O–H groups in total. The van der Waals surface area contributed by atoms with Crippen LogP contribution in [0.3, 0.4) is 0 Å². The van der Waals surface area contributed by atoms with E-state index in [1.54, 1.807) is 39.0 Å². The van der Waals surface area contributed by atoms with Crippen molar-refractivity contribution in [1.82, 2.24) is 15.1 Å². The second kappa shape index (κ2) is 7.72. The number of carbonyl (C=O) groups excluding carboxylic acids is 3. The van der Waals surface area contributed by atoms with E-state index in [0.717, 1.165) is 5.69 Å².